The molecule has 2 aliphatic heterocycles. The third-order valence-electron chi connectivity index (χ3n) is 5.95. The van der Waals surface area contributed by atoms with Crippen LogP contribution in [0.4, 0.5) is 0 Å². The molecule has 10 heteroatoms. The molecule has 3 amide bonds. The number of nitrogens with two attached hydrogens (primary N) is 1. The Morgan fingerprint density at radius 1 is 1.10 bits per heavy atom. The van der Waals surface area contributed by atoms with Crippen LogP contribution in [0.3, 0.4) is 0 Å². The Morgan fingerprint density at radius 3 is 2.24 bits per heavy atom. The van der Waals surface area contributed by atoms with Crippen LogP contribution in [-0.2, 0) is 19.2 Å². The van der Waals surface area contributed by atoms with Gasteiger partial charge in [0.05, 0.1) is 6.61 Å². The van der Waals surface area contributed by atoms with E-state index in [1.54, 1.807) is 0 Å². The fourth-order valence-corrected chi connectivity index (χ4v) is 3.97. The van der Waals surface area contributed by atoms with E-state index in [0.717, 1.165) is 0 Å². The van der Waals surface area contributed by atoms with Gasteiger partial charge in [0.1, 0.15) is 24.2 Å². The van der Waals surface area contributed by atoms with Crippen molar-refractivity contribution in [3.8, 4) is 0 Å². The third kappa shape index (κ3) is 5.05. The monoisotopic (exact) mass is 412 g/mol. The number of likely N-dealkylation sites (tertiary alicyclic amines) is 2. The highest BCUT2D eigenvalue weighted by Crippen LogP contribution is 2.26. The minimum Gasteiger partial charge on any atom is -0.480 e. The summed E-state index contributed by atoms with van der Waals surface area (Å²) in [6, 6.07) is -3.58. The quantitative estimate of drug-likeness (QED) is 0.395. The van der Waals surface area contributed by atoms with Gasteiger partial charge in [0, 0.05) is 13.1 Å². The molecule has 0 aromatic carbocycles. The maximum absolute atomic E-state index is 13.3. The van der Waals surface area contributed by atoms with Crippen molar-refractivity contribution in [2.45, 2.75) is 70.1 Å². The molecule has 0 spiro atoms. The van der Waals surface area contributed by atoms with Gasteiger partial charge in [-0.3, -0.25) is 14.4 Å². The van der Waals surface area contributed by atoms with Crippen molar-refractivity contribution in [2.75, 3.05) is 19.7 Å². The average molecular weight is 412 g/mol. The van der Waals surface area contributed by atoms with Crippen molar-refractivity contribution >= 4 is 23.7 Å². The molecule has 0 aromatic rings. The molecular weight excluding hydrogens is 380 g/mol. The van der Waals surface area contributed by atoms with Crippen molar-refractivity contribution in [1.82, 2.24) is 15.1 Å². The van der Waals surface area contributed by atoms with Crippen LogP contribution in [-0.4, -0.2) is 87.6 Å². The SMILES string of the molecule is CCC(C)C(NC(=O)C(N)CO)C(=O)N1CCCC1C(=O)N1CCCC1C(=O)O. The summed E-state index contributed by atoms with van der Waals surface area (Å²) in [7, 11) is 0. The van der Waals surface area contributed by atoms with Crippen molar-refractivity contribution in [3.63, 3.8) is 0 Å². The number of nitrogens with one attached hydrogen (secondary N) is 1. The van der Waals surface area contributed by atoms with E-state index in [4.69, 9.17) is 10.8 Å². The van der Waals surface area contributed by atoms with Crippen LogP contribution >= 0.6 is 0 Å². The van der Waals surface area contributed by atoms with Gasteiger partial charge in [-0.05, 0) is 31.6 Å². The average Bonchev–Trinajstić information content (AvgIpc) is 3.39. The zero-order chi connectivity index (χ0) is 21.7. The van der Waals surface area contributed by atoms with Gasteiger partial charge < -0.3 is 31.1 Å². The fraction of sp³-hybridized carbons (Fsp3) is 0.789. The Labute approximate surface area is 170 Å². The van der Waals surface area contributed by atoms with Crippen molar-refractivity contribution in [3.05, 3.63) is 0 Å². The second kappa shape index (κ2) is 10.0. The summed E-state index contributed by atoms with van der Waals surface area (Å²) in [5, 5.41) is 21.1. The first kappa shape index (κ1) is 23.1. The smallest absolute Gasteiger partial charge is 0.326 e. The first-order chi connectivity index (χ1) is 13.7. The molecule has 5 N–H and O–H groups in total. The third-order valence-corrected chi connectivity index (χ3v) is 5.95. The predicted molar refractivity (Wildman–Crippen MR) is 104 cm³/mol. The van der Waals surface area contributed by atoms with E-state index in [0.29, 0.717) is 45.2 Å². The second-order valence-corrected chi connectivity index (χ2v) is 7.88. The first-order valence-electron chi connectivity index (χ1n) is 10.2. The molecule has 0 radical (unpaired) electrons. The number of carbonyl (C=O) groups is 4. The van der Waals surface area contributed by atoms with E-state index >= 15 is 0 Å². The van der Waals surface area contributed by atoms with Crippen LogP contribution in [0, 0.1) is 5.92 Å². The zero-order valence-electron chi connectivity index (χ0n) is 17.0. The summed E-state index contributed by atoms with van der Waals surface area (Å²) in [6.45, 7) is 3.91. The minimum atomic E-state index is -1.13. The Hall–Kier alpha value is -2.20. The molecular formula is C19H32N4O6. The number of amides is 3. The molecule has 0 saturated carbocycles. The summed E-state index contributed by atoms with van der Waals surface area (Å²) in [6.07, 6.45) is 2.74. The number of carboxylic acid groups (broad SMARTS) is 1. The summed E-state index contributed by atoms with van der Waals surface area (Å²) >= 11 is 0. The van der Waals surface area contributed by atoms with E-state index in [1.165, 1.54) is 9.80 Å². The molecule has 10 nitrogen and oxygen atoms in total. The topological polar surface area (TPSA) is 153 Å². The van der Waals surface area contributed by atoms with Gasteiger partial charge in [0.2, 0.25) is 17.7 Å². The number of hydrogen-bond acceptors (Lipinski definition) is 6. The summed E-state index contributed by atoms with van der Waals surface area (Å²) < 4.78 is 0. The highest BCUT2D eigenvalue weighted by Gasteiger charge is 2.44. The molecule has 0 bridgehead atoms. The van der Waals surface area contributed by atoms with Gasteiger partial charge in [0.25, 0.3) is 0 Å². The van der Waals surface area contributed by atoms with E-state index in [-0.39, 0.29) is 17.7 Å². The largest absolute Gasteiger partial charge is 0.480 e. The van der Waals surface area contributed by atoms with E-state index in [1.807, 2.05) is 13.8 Å². The molecule has 2 rings (SSSR count). The highest BCUT2D eigenvalue weighted by atomic mass is 16.4. The van der Waals surface area contributed by atoms with Crippen LogP contribution < -0.4 is 11.1 Å². The van der Waals surface area contributed by atoms with Gasteiger partial charge in [0.15, 0.2) is 0 Å². The normalized spacial score (nSPS) is 24.8. The van der Waals surface area contributed by atoms with Gasteiger partial charge in [-0.1, -0.05) is 20.3 Å². The first-order valence-corrected chi connectivity index (χ1v) is 10.2. The lowest BCUT2D eigenvalue weighted by atomic mass is 9.97. The maximum atomic E-state index is 13.3. The van der Waals surface area contributed by atoms with Crippen LogP contribution in [0.2, 0.25) is 0 Å². The number of carboxylic acids is 1. The number of aliphatic hydroxyl groups is 1. The number of hydrogen-bond donors (Lipinski definition) is 4. The molecule has 2 saturated heterocycles. The lowest BCUT2D eigenvalue weighted by molar-refractivity contribution is -0.152. The lowest BCUT2D eigenvalue weighted by Crippen LogP contribution is -2.58. The Bertz CT molecular complexity index is 642. The summed E-state index contributed by atoms with van der Waals surface area (Å²) in [4.78, 5) is 52.7. The standard InChI is InChI=1S/C19H32N4O6/c1-3-11(2)15(21-16(25)12(20)10-24)18(27)22-8-4-6-13(22)17(26)23-9-5-7-14(23)19(28)29/h11-15,24H,3-10,20H2,1-2H3,(H,21,25)(H,28,29). The fourth-order valence-electron chi connectivity index (χ4n) is 3.97. The van der Waals surface area contributed by atoms with Crippen molar-refractivity contribution < 1.29 is 29.4 Å². The predicted octanol–water partition coefficient (Wildman–Crippen LogP) is -1.10. The van der Waals surface area contributed by atoms with Gasteiger partial charge in [-0.15, -0.1) is 0 Å². The van der Waals surface area contributed by atoms with Gasteiger partial charge >= 0.3 is 5.97 Å². The van der Waals surface area contributed by atoms with Crippen LogP contribution in [0.25, 0.3) is 0 Å². The van der Waals surface area contributed by atoms with E-state index in [9.17, 15) is 24.3 Å². The Kier molecular flexibility index (Phi) is 7.97. The maximum Gasteiger partial charge on any atom is 0.326 e. The van der Waals surface area contributed by atoms with Crippen LogP contribution in [0.15, 0.2) is 0 Å². The molecule has 2 aliphatic rings. The molecule has 0 aliphatic carbocycles. The van der Waals surface area contributed by atoms with Gasteiger partial charge in [-0.2, -0.15) is 0 Å². The summed E-state index contributed by atoms with van der Waals surface area (Å²) in [5.41, 5.74) is 5.56. The Balaban J connectivity index is 2.18. The summed E-state index contributed by atoms with van der Waals surface area (Å²) in [5.74, 6) is -2.58. The molecule has 2 heterocycles. The van der Waals surface area contributed by atoms with E-state index < -0.39 is 42.7 Å². The van der Waals surface area contributed by atoms with Crippen LogP contribution in [0.1, 0.15) is 46.0 Å². The lowest BCUT2D eigenvalue weighted by Gasteiger charge is -2.34. The molecule has 0 aromatic heterocycles. The molecule has 5 unspecified atom stereocenters. The number of rotatable bonds is 8. The number of aliphatic carboxylic acids is 1. The zero-order valence-corrected chi connectivity index (χ0v) is 17.0. The number of carbonyl (C=O) groups excluding carboxylic acids is 3. The number of nitrogens with zero attached hydrogens (tertiary/aromatic N) is 2. The van der Waals surface area contributed by atoms with E-state index in [2.05, 4.69) is 5.32 Å². The molecule has 164 valence electrons. The number of aliphatic hydroxyl groups excluding tert-OH is 1. The van der Waals surface area contributed by atoms with Crippen molar-refractivity contribution in [1.29, 1.82) is 0 Å². The van der Waals surface area contributed by atoms with Crippen molar-refractivity contribution in [2.24, 2.45) is 11.7 Å². The van der Waals surface area contributed by atoms with Crippen LogP contribution in [0.5, 0.6) is 0 Å². The second-order valence-electron chi connectivity index (χ2n) is 7.88. The molecule has 2 fully saturated rings. The Morgan fingerprint density at radius 2 is 1.69 bits per heavy atom. The molecule has 29 heavy (non-hydrogen) atoms. The molecule has 5 atom stereocenters. The minimum absolute atomic E-state index is 0.202. The highest BCUT2D eigenvalue weighted by molar-refractivity contribution is 5.94. The van der Waals surface area contributed by atoms with Gasteiger partial charge in [-0.25, -0.2) is 4.79 Å².